The standard InChI is InChI=1S/C15H23NO3/c1-16-10-11-7-8-14(15(9-11)18-2)19-13-6-4-3-5-12(13)17/h7-9,12-13,16-17H,3-6,10H2,1-2H3. The average molecular weight is 265 g/mol. The van der Waals surface area contributed by atoms with Crippen LogP contribution in [0.25, 0.3) is 0 Å². The second kappa shape index (κ2) is 6.78. The van der Waals surface area contributed by atoms with Gasteiger partial charge in [-0.25, -0.2) is 0 Å². The first-order chi connectivity index (χ1) is 9.24. The Hall–Kier alpha value is -1.26. The van der Waals surface area contributed by atoms with Crippen LogP contribution >= 0.6 is 0 Å². The van der Waals surface area contributed by atoms with E-state index >= 15 is 0 Å². The molecule has 1 saturated carbocycles. The molecule has 0 radical (unpaired) electrons. The molecule has 1 fully saturated rings. The van der Waals surface area contributed by atoms with E-state index in [1.165, 1.54) is 0 Å². The van der Waals surface area contributed by atoms with Crippen molar-refractivity contribution in [2.24, 2.45) is 0 Å². The van der Waals surface area contributed by atoms with Gasteiger partial charge in [-0.1, -0.05) is 12.5 Å². The Kier molecular flexibility index (Phi) is 5.05. The molecule has 0 saturated heterocycles. The molecule has 106 valence electrons. The van der Waals surface area contributed by atoms with Crippen LogP contribution < -0.4 is 14.8 Å². The number of hydrogen-bond donors (Lipinski definition) is 2. The van der Waals surface area contributed by atoms with Crippen LogP contribution in [0.3, 0.4) is 0 Å². The van der Waals surface area contributed by atoms with Crippen molar-refractivity contribution in [1.29, 1.82) is 0 Å². The van der Waals surface area contributed by atoms with Crippen LogP contribution in [0.1, 0.15) is 31.2 Å². The lowest BCUT2D eigenvalue weighted by Crippen LogP contribution is -2.34. The first kappa shape index (κ1) is 14.2. The Morgan fingerprint density at radius 3 is 2.74 bits per heavy atom. The maximum absolute atomic E-state index is 9.96. The van der Waals surface area contributed by atoms with E-state index in [0.29, 0.717) is 5.75 Å². The van der Waals surface area contributed by atoms with Crippen LogP contribution in [0.5, 0.6) is 11.5 Å². The van der Waals surface area contributed by atoms with Gasteiger partial charge in [0, 0.05) is 6.54 Å². The molecule has 2 N–H and O–H groups in total. The van der Waals surface area contributed by atoms with E-state index in [9.17, 15) is 5.11 Å². The first-order valence-corrected chi connectivity index (χ1v) is 6.91. The third-order valence-corrected chi connectivity index (χ3v) is 3.55. The van der Waals surface area contributed by atoms with Gasteiger partial charge in [0.2, 0.25) is 0 Å². The molecule has 4 nitrogen and oxygen atoms in total. The molecule has 0 aliphatic heterocycles. The number of rotatable bonds is 5. The van der Waals surface area contributed by atoms with Gasteiger partial charge in [-0.2, -0.15) is 0 Å². The van der Waals surface area contributed by atoms with Crippen LogP contribution in [0, 0.1) is 0 Å². The maximum Gasteiger partial charge on any atom is 0.161 e. The van der Waals surface area contributed by atoms with Crippen molar-refractivity contribution in [2.75, 3.05) is 14.2 Å². The largest absolute Gasteiger partial charge is 0.493 e. The highest BCUT2D eigenvalue weighted by molar-refractivity contribution is 5.43. The number of ether oxygens (including phenoxy) is 2. The van der Waals surface area contributed by atoms with Crippen molar-refractivity contribution >= 4 is 0 Å². The van der Waals surface area contributed by atoms with Crippen LogP contribution in [-0.4, -0.2) is 31.5 Å². The zero-order chi connectivity index (χ0) is 13.7. The van der Waals surface area contributed by atoms with E-state index in [-0.39, 0.29) is 12.2 Å². The minimum absolute atomic E-state index is 0.113. The maximum atomic E-state index is 9.96. The van der Waals surface area contributed by atoms with E-state index in [2.05, 4.69) is 5.32 Å². The molecule has 0 spiro atoms. The fraction of sp³-hybridized carbons (Fsp3) is 0.600. The smallest absolute Gasteiger partial charge is 0.161 e. The summed E-state index contributed by atoms with van der Waals surface area (Å²) in [5.74, 6) is 1.44. The van der Waals surface area contributed by atoms with E-state index in [1.807, 2.05) is 25.2 Å². The molecule has 0 heterocycles. The highest BCUT2D eigenvalue weighted by Crippen LogP contribution is 2.32. The van der Waals surface area contributed by atoms with Gasteiger partial charge in [0.25, 0.3) is 0 Å². The molecule has 1 aromatic rings. The molecule has 1 aliphatic carbocycles. The van der Waals surface area contributed by atoms with Crippen molar-refractivity contribution in [3.8, 4) is 11.5 Å². The molecular weight excluding hydrogens is 242 g/mol. The highest BCUT2D eigenvalue weighted by atomic mass is 16.5. The van der Waals surface area contributed by atoms with Crippen LogP contribution in [-0.2, 0) is 6.54 Å². The lowest BCUT2D eigenvalue weighted by atomic mass is 9.95. The molecule has 2 atom stereocenters. The zero-order valence-electron chi connectivity index (χ0n) is 11.7. The molecule has 2 unspecified atom stereocenters. The highest BCUT2D eigenvalue weighted by Gasteiger charge is 2.25. The van der Waals surface area contributed by atoms with Crippen LogP contribution in [0.15, 0.2) is 18.2 Å². The normalized spacial score (nSPS) is 23.1. The van der Waals surface area contributed by atoms with Gasteiger partial charge in [0.05, 0.1) is 13.2 Å². The summed E-state index contributed by atoms with van der Waals surface area (Å²) in [6.07, 6.45) is 3.45. The van der Waals surface area contributed by atoms with E-state index in [1.54, 1.807) is 7.11 Å². The number of benzene rings is 1. The van der Waals surface area contributed by atoms with E-state index < -0.39 is 0 Å². The Morgan fingerprint density at radius 2 is 2.05 bits per heavy atom. The fourth-order valence-electron chi connectivity index (χ4n) is 2.50. The third-order valence-electron chi connectivity index (χ3n) is 3.55. The molecule has 0 aromatic heterocycles. The lowest BCUT2D eigenvalue weighted by molar-refractivity contribution is 0.00567. The summed E-state index contributed by atoms with van der Waals surface area (Å²) >= 11 is 0. The SMILES string of the molecule is CNCc1ccc(OC2CCCCC2O)c(OC)c1. The Bertz CT molecular complexity index is 408. The third kappa shape index (κ3) is 3.61. The number of aliphatic hydroxyl groups is 1. The lowest BCUT2D eigenvalue weighted by Gasteiger charge is -2.28. The molecule has 2 rings (SSSR count). The minimum atomic E-state index is -0.365. The van der Waals surface area contributed by atoms with Gasteiger partial charge in [0.15, 0.2) is 11.5 Å². The minimum Gasteiger partial charge on any atom is -0.493 e. The van der Waals surface area contributed by atoms with Crippen molar-refractivity contribution in [3.05, 3.63) is 23.8 Å². The van der Waals surface area contributed by atoms with Gasteiger partial charge in [-0.15, -0.1) is 0 Å². The first-order valence-electron chi connectivity index (χ1n) is 6.91. The Labute approximate surface area is 114 Å². The molecule has 1 aromatic carbocycles. The van der Waals surface area contributed by atoms with E-state index in [0.717, 1.165) is 43.5 Å². The summed E-state index contributed by atoms with van der Waals surface area (Å²) in [4.78, 5) is 0. The van der Waals surface area contributed by atoms with Crippen molar-refractivity contribution < 1.29 is 14.6 Å². The second-order valence-electron chi connectivity index (χ2n) is 5.02. The monoisotopic (exact) mass is 265 g/mol. The van der Waals surface area contributed by atoms with Crippen molar-refractivity contribution in [2.45, 2.75) is 44.4 Å². The molecule has 4 heteroatoms. The summed E-state index contributed by atoms with van der Waals surface area (Å²) in [5.41, 5.74) is 1.15. The zero-order valence-corrected chi connectivity index (χ0v) is 11.7. The molecule has 19 heavy (non-hydrogen) atoms. The summed E-state index contributed by atoms with van der Waals surface area (Å²) in [6, 6.07) is 5.91. The molecule has 0 amide bonds. The van der Waals surface area contributed by atoms with Gasteiger partial charge >= 0.3 is 0 Å². The van der Waals surface area contributed by atoms with Gasteiger partial charge in [-0.3, -0.25) is 0 Å². The topological polar surface area (TPSA) is 50.7 Å². The predicted molar refractivity (Wildman–Crippen MR) is 74.6 cm³/mol. The molecule has 0 bridgehead atoms. The number of hydrogen-bond acceptors (Lipinski definition) is 4. The van der Waals surface area contributed by atoms with Crippen LogP contribution in [0.4, 0.5) is 0 Å². The molecule has 1 aliphatic rings. The quantitative estimate of drug-likeness (QED) is 0.856. The Balaban J connectivity index is 2.10. The summed E-state index contributed by atoms with van der Waals surface area (Å²) in [6.45, 7) is 0.794. The fourth-order valence-corrected chi connectivity index (χ4v) is 2.50. The average Bonchev–Trinajstić information content (AvgIpc) is 2.43. The van der Waals surface area contributed by atoms with Crippen LogP contribution in [0.2, 0.25) is 0 Å². The Morgan fingerprint density at radius 1 is 1.26 bits per heavy atom. The summed E-state index contributed by atoms with van der Waals surface area (Å²) in [5, 5.41) is 13.1. The van der Waals surface area contributed by atoms with E-state index in [4.69, 9.17) is 9.47 Å². The van der Waals surface area contributed by atoms with Crippen molar-refractivity contribution in [3.63, 3.8) is 0 Å². The number of methoxy groups -OCH3 is 1. The van der Waals surface area contributed by atoms with Gasteiger partial charge in [0.1, 0.15) is 6.10 Å². The van der Waals surface area contributed by atoms with Gasteiger partial charge in [-0.05, 0) is 44.0 Å². The van der Waals surface area contributed by atoms with Gasteiger partial charge < -0.3 is 19.9 Å². The number of aliphatic hydroxyl groups excluding tert-OH is 1. The predicted octanol–water partition coefficient (Wildman–Crippen LogP) is 2.10. The summed E-state index contributed by atoms with van der Waals surface area (Å²) in [7, 11) is 3.55. The summed E-state index contributed by atoms with van der Waals surface area (Å²) < 4.78 is 11.3. The van der Waals surface area contributed by atoms with Crippen molar-refractivity contribution in [1.82, 2.24) is 5.32 Å². The second-order valence-corrected chi connectivity index (χ2v) is 5.02. The number of nitrogens with one attached hydrogen (secondary N) is 1. The molecular formula is C15H23NO3.